The summed E-state index contributed by atoms with van der Waals surface area (Å²) in [5.74, 6) is 2.88. The molecule has 0 N–H and O–H groups in total. The quantitative estimate of drug-likeness (QED) is 0.607. The van der Waals surface area contributed by atoms with Gasteiger partial charge in [0.2, 0.25) is 0 Å². The molecule has 2 fully saturated rings. The lowest BCUT2D eigenvalue weighted by molar-refractivity contribution is -0.113. The number of ketones is 1. The molecule has 1 saturated heterocycles. The van der Waals surface area contributed by atoms with E-state index in [0.29, 0.717) is 30.6 Å². The molecular formula is C26H29NO5. The molecule has 2 aliphatic rings. The van der Waals surface area contributed by atoms with E-state index in [1.807, 2.05) is 48.6 Å². The van der Waals surface area contributed by atoms with E-state index in [-0.39, 0.29) is 5.78 Å². The number of likely N-dealkylation sites (tertiary alicyclic amines) is 1. The maximum absolute atomic E-state index is 13.5. The Morgan fingerprint density at radius 2 is 1.22 bits per heavy atom. The van der Waals surface area contributed by atoms with Crippen LogP contribution in [-0.4, -0.2) is 58.3 Å². The van der Waals surface area contributed by atoms with Crippen LogP contribution in [0.5, 0.6) is 23.0 Å². The highest BCUT2D eigenvalue weighted by atomic mass is 16.5. The number of ether oxygens (including phenoxy) is 4. The van der Waals surface area contributed by atoms with E-state index in [1.54, 1.807) is 28.4 Å². The van der Waals surface area contributed by atoms with E-state index < -0.39 is 0 Å². The van der Waals surface area contributed by atoms with Gasteiger partial charge in [-0.25, -0.2) is 0 Å². The first-order chi connectivity index (χ1) is 15.6. The SMILES string of the molecule is COc1ccc(OC)c(/C=C2\CN(C3CC3)C/C(=C\c3cc(OC)ccc3OC)C2=O)c1. The maximum atomic E-state index is 13.5. The third-order valence-corrected chi connectivity index (χ3v) is 5.93. The van der Waals surface area contributed by atoms with Crippen molar-refractivity contribution in [2.75, 3.05) is 41.5 Å². The van der Waals surface area contributed by atoms with Gasteiger partial charge in [0.15, 0.2) is 5.78 Å². The number of rotatable bonds is 7. The lowest BCUT2D eigenvalue weighted by Crippen LogP contribution is -2.39. The standard InChI is InChI=1S/C26H29NO5/c1-29-22-7-9-24(31-3)17(13-22)11-19-15-27(21-5-6-21)16-20(26(19)28)12-18-14-23(30-2)8-10-25(18)32-4/h7-14,21H,5-6,15-16H2,1-4H3/b19-11+,20-12+. The van der Waals surface area contributed by atoms with Crippen LogP contribution in [0.4, 0.5) is 0 Å². The summed E-state index contributed by atoms with van der Waals surface area (Å²) in [5.41, 5.74) is 3.13. The van der Waals surface area contributed by atoms with Crippen LogP contribution in [0.1, 0.15) is 24.0 Å². The first-order valence-electron chi connectivity index (χ1n) is 10.7. The topological polar surface area (TPSA) is 57.2 Å². The fourth-order valence-corrected chi connectivity index (χ4v) is 4.04. The van der Waals surface area contributed by atoms with Crippen molar-refractivity contribution in [2.45, 2.75) is 18.9 Å². The molecule has 168 valence electrons. The largest absolute Gasteiger partial charge is 0.497 e. The molecule has 0 bridgehead atoms. The molecule has 1 aliphatic carbocycles. The van der Waals surface area contributed by atoms with Crippen molar-refractivity contribution in [2.24, 2.45) is 0 Å². The maximum Gasteiger partial charge on any atom is 0.187 e. The molecule has 2 aromatic carbocycles. The molecule has 0 atom stereocenters. The summed E-state index contributed by atoms with van der Waals surface area (Å²) in [6, 6.07) is 11.7. The minimum atomic E-state index is 0.0386. The zero-order valence-corrected chi connectivity index (χ0v) is 19.0. The molecule has 2 aromatic rings. The van der Waals surface area contributed by atoms with Gasteiger partial charge in [0.1, 0.15) is 23.0 Å². The summed E-state index contributed by atoms with van der Waals surface area (Å²) in [6.45, 7) is 1.24. The number of Topliss-reactive ketones (excluding diaryl/α,β-unsaturated/α-hetero) is 1. The second-order valence-electron chi connectivity index (χ2n) is 8.02. The number of methoxy groups -OCH3 is 4. The predicted octanol–water partition coefficient (Wildman–Crippen LogP) is 4.24. The van der Waals surface area contributed by atoms with Gasteiger partial charge in [-0.2, -0.15) is 0 Å². The summed E-state index contributed by atoms with van der Waals surface area (Å²) >= 11 is 0. The van der Waals surface area contributed by atoms with Gasteiger partial charge >= 0.3 is 0 Å². The van der Waals surface area contributed by atoms with Crippen molar-refractivity contribution < 1.29 is 23.7 Å². The van der Waals surface area contributed by atoms with E-state index >= 15 is 0 Å². The van der Waals surface area contributed by atoms with Crippen LogP contribution >= 0.6 is 0 Å². The average molecular weight is 436 g/mol. The lowest BCUT2D eigenvalue weighted by Gasteiger charge is -2.30. The van der Waals surface area contributed by atoms with Gasteiger partial charge in [-0.05, 0) is 61.4 Å². The number of carbonyl (C=O) groups excluding carboxylic acids is 1. The first kappa shape index (κ1) is 22.0. The van der Waals surface area contributed by atoms with Crippen LogP contribution in [0.15, 0.2) is 47.5 Å². The monoisotopic (exact) mass is 435 g/mol. The zero-order valence-electron chi connectivity index (χ0n) is 19.0. The van der Waals surface area contributed by atoms with Gasteiger partial charge in [-0.1, -0.05) is 0 Å². The minimum absolute atomic E-state index is 0.0386. The van der Waals surface area contributed by atoms with Crippen molar-refractivity contribution in [1.29, 1.82) is 0 Å². The number of nitrogens with zero attached hydrogens (tertiary/aromatic N) is 1. The van der Waals surface area contributed by atoms with Gasteiger partial charge in [0.05, 0.1) is 28.4 Å². The molecule has 0 amide bonds. The smallest absolute Gasteiger partial charge is 0.187 e. The predicted molar refractivity (Wildman–Crippen MR) is 125 cm³/mol. The molecule has 0 radical (unpaired) electrons. The Morgan fingerprint density at radius 1 is 0.750 bits per heavy atom. The summed E-state index contributed by atoms with van der Waals surface area (Å²) in [6.07, 6.45) is 6.18. The van der Waals surface area contributed by atoms with E-state index in [2.05, 4.69) is 4.90 Å². The van der Waals surface area contributed by atoms with Gasteiger partial charge in [-0.15, -0.1) is 0 Å². The highest BCUT2D eigenvalue weighted by Gasteiger charge is 2.35. The molecule has 4 rings (SSSR count). The summed E-state index contributed by atoms with van der Waals surface area (Å²) in [5, 5.41) is 0. The number of benzene rings is 2. The van der Waals surface area contributed by atoms with Crippen LogP contribution in [0.2, 0.25) is 0 Å². The first-order valence-corrected chi connectivity index (χ1v) is 10.7. The van der Waals surface area contributed by atoms with Crippen molar-refractivity contribution in [1.82, 2.24) is 4.90 Å². The van der Waals surface area contributed by atoms with Crippen LogP contribution in [0.3, 0.4) is 0 Å². The number of piperidine rings is 1. The normalized spacial score (nSPS) is 19.3. The van der Waals surface area contributed by atoms with Crippen LogP contribution in [-0.2, 0) is 4.79 Å². The third-order valence-electron chi connectivity index (χ3n) is 5.93. The van der Waals surface area contributed by atoms with E-state index in [1.165, 1.54) is 12.8 Å². The van der Waals surface area contributed by atoms with Gasteiger partial charge in [0.25, 0.3) is 0 Å². The number of carbonyl (C=O) groups is 1. The second-order valence-corrected chi connectivity index (χ2v) is 8.02. The zero-order chi connectivity index (χ0) is 22.7. The number of hydrogen-bond donors (Lipinski definition) is 0. The van der Waals surface area contributed by atoms with Gasteiger partial charge in [0, 0.05) is 41.4 Å². The van der Waals surface area contributed by atoms with Crippen LogP contribution in [0.25, 0.3) is 12.2 Å². The fourth-order valence-electron chi connectivity index (χ4n) is 4.04. The molecule has 0 unspecified atom stereocenters. The van der Waals surface area contributed by atoms with Crippen molar-refractivity contribution >= 4 is 17.9 Å². The molecule has 32 heavy (non-hydrogen) atoms. The van der Waals surface area contributed by atoms with E-state index in [0.717, 1.165) is 33.8 Å². The Kier molecular flexibility index (Phi) is 6.51. The average Bonchev–Trinajstić information content (AvgIpc) is 3.67. The molecule has 0 aromatic heterocycles. The molecule has 0 spiro atoms. The highest BCUT2D eigenvalue weighted by molar-refractivity contribution is 6.15. The highest BCUT2D eigenvalue weighted by Crippen LogP contribution is 2.35. The Labute approximate surface area is 189 Å². The molecule has 1 heterocycles. The van der Waals surface area contributed by atoms with E-state index in [9.17, 15) is 4.79 Å². The Morgan fingerprint density at radius 3 is 1.59 bits per heavy atom. The Hall–Kier alpha value is -3.25. The molecule has 6 heteroatoms. The molecule has 1 aliphatic heterocycles. The van der Waals surface area contributed by atoms with Crippen LogP contribution in [0, 0.1) is 0 Å². The third kappa shape index (κ3) is 4.65. The van der Waals surface area contributed by atoms with Crippen molar-refractivity contribution in [3.05, 3.63) is 58.7 Å². The molecule has 1 saturated carbocycles. The second kappa shape index (κ2) is 9.49. The van der Waals surface area contributed by atoms with Crippen molar-refractivity contribution in [3.8, 4) is 23.0 Å². The number of hydrogen-bond acceptors (Lipinski definition) is 6. The Bertz CT molecular complexity index is 990. The minimum Gasteiger partial charge on any atom is -0.497 e. The van der Waals surface area contributed by atoms with E-state index in [4.69, 9.17) is 18.9 Å². The van der Waals surface area contributed by atoms with Crippen LogP contribution < -0.4 is 18.9 Å². The Balaban J connectivity index is 1.75. The van der Waals surface area contributed by atoms with Crippen molar-refractivity contribution in [3.63, 3.8) is 0 Å². The summed E-state index contributed by atoms with van der Waals surface area (Å²) in [4.78, 5) is 15.9. The molecular weight excluding hydrogens is 406 g/mol. The molecule has 6 nitrogen and oxygen atoms in total. The summed E-state index contributed by atoms with van der Waals surface area (Å²) < 4.78 is 21.8. The fraction of sp³-hybridized carbons (Fsp3) is 0.346. The van der Waals surface area contributed by atoms with Gasteiger partial charge < -0.3 is 18.9 Å². The lowest BCUT2D eigenvalue weighted by atomic mass is 9.93. The van der Waals surface area contributed by atoms with Gasteiger partial charge in [-0.3, -0.25) is 9.69 Å². The summed E-state index contributed by atoms with van der Waals surface area (Å²) in [7, 11) is 6.51.